The summed E-state index contributed by atoms with van der Waals surface area (Å²) in [6, 6.07) is 36.5. The molecule has 0 radical (unpaired) electrons. The SMILES string of the molecule is CC1(C)S[C@H]2C(NC(c3ccccc3)(c3ccccc3)c3ccccc3)C(=O)N2C1c1nnnn1Cc1ccc(F)cc1. The molecular weight excluding hydrogens is 559 g/mol. The molecule has 0 bridgehead atoms. The molecule has 5 aromatic rings. The van der Waals surface area contributed by atoms with Crippen LogP contribution in [0.5, 0.6) is 0 Å². The van der Waals surface area contributed by atoms with Crippen LogP contribution < -0.4 is 5.32 Å². The number of nitrogens with one attached hydrogen (secondary N) is 1. The Labute approximate surface area is 254 Å². The van der Waals surface area contributed by atoms with E-state index in [2.05, 4.69) is 71.1 Å². The fourth-order valence-corrected chi connectivity index (χ4v) is 8.12. The van der Waals surface area contributed by atoms with Crippen molar-refractivity contribution in [3.05, 3.63) is 149 Å². The summed E-state index contributed by atoms with van der Waals surface area (Å²) in [7, 11) is 0. The number of hydrogen-bond acceptors (Lipinski definition) is 6. The zero-order valence-electron chi connectivity index (χ0n) is 23.8. The van der Waals surface area contributed by atoms with Crippen LogP contribution in [0.15, 0.2) is 115 Å². The molecule has 0 spiro atoms. The zero-order chi connectivity index (χ0) is 29.6. The Balaban J connectivity index is 1.26. The average Bonchev–Trinajstić information content (AvgIpc) is 3.59. The van der Waals surface area contributed by atoms with E-state index in [1.807, 2.05) is 59.5 Å². The molecule has 216 valence electrons. The van der Waals surface area contributed by atoms with Crippen molar-refractivity contribution >= 4 is 17.7 Å². The van der Waals surface area contributed by atoms with E-state index in [1.54, 1.807) is 28.6 Å². The van der Waals surface area contributed by atoms with Gasteiger partial charge in [-0.05, 0) is 58.7 Å². The molecular formula is C34H31FN6OS. The topological polar surface area (TPSA) is 75.9 Å². The van der Waals surface area contributed by atoms with E-state index in [0.29, 0.717) is 12.4 Å². The Morgan fingerprint density at radius 2 is 1.37 bits per heavy atom. The molecule has 9 heteroatoms. The molecule has 2 saturated heterocycles. The van der Waals surface area contributed by atoms with E-state index < -0.39 is 11.6 Å². The summed E-state index contributed by atoms with van der Waals surface area (Å²) in [5.74, 6) is 0.340. The highest BCUT2D eigenvalue weighted by molar-refractivity contribution is 8.01. The second-order valence-electron chi connectivity index (χ2n) is 11.6. The Morgan fingerprint density at radius 1 is 0.837 bits per heavy atom. The lowest BCUT2D eigenvalue weighted by atomic mass is 9.76. The van der Waals surface area contributed by atoms with Gasteiger partial charge in [0.05, 0.1) is 12.1 Å². The summed E-state index contributed by atoms with van der Waals surface area (Å²) >= 11 is 1.76. The van der Waals surface area contributed by atoms with Crippen molar-refractivity contribution in [3.63, 3.8) is 0 Å². The Kier molecular flexibility index (Phi) is 6.86. The highest BCUT2D eigenvalue weighted by atomic mass is 32.2. The number of carbonyl (C=O) groups excluding carboxylic acids is 1. The zero-order valence-corrected chi connectivity index (χ0v) is 24.7. The van der Waals surface area contributed by atoms with Gasteiger partial charge in [0.25, 0.3) is 0 Å². The van der Waals surface area contributed by atoms with Crippen molar-refractivity contribution in [2.45, 2.75) is 48.1 Å². The number of β-lactam (4-membered cyclic amide) rings is 1. The first-order chi connectivity index (χ1) is 20.9. The summed E-state index contributed by atoms with van der Waals surface area (Å²) in [6.07, 6.45) is 0. The number of benzene rings is 4. The number of carbonyl (C=O) groups is 1. The van der Waals surface area contributed by atoms with Gasteiger partial charge < -0.3 is 4.90 Å². The van der Waals surface area contributed by atoms with Gasteiger partial charge in [0.15, 0.2) is 5.82 Å². The second-order valence-corrected chi connectivity index (χ2v) is 13.3. The van der Waals surface area contributed by atoms with E-state index in [9.17, 15) is 9.18 Å². The highest BCUT2D eigenvalue weighted by Crippen LogP contribution is 2.57. The van der Waals surface area contributed by atoms with Gasteiger partial charge in [0, 0.05) is 4.75 Å². The van der Waals surface area contributed by atoms with Gasteiger partial charge in [0.2, 0.25) is 5.91 Å². The van der Waals surface area contributed by atoms with Gasteiger partial charge >= 0.3 is 0 Å². The first-order valence-electron chi connectivity index (χ1n) is 14.3. The van der Waals surface area contributed by atoms with E-state index in [-0.39, 0.29) is 27.9 Å². The van der Waals surface area contributed by atoms with Crippen molar-refractivity contribution in [2.24, 2.45) is 0 Å². The van der Waals surface area contributed by atoms with Crippen LogP contribution in [0.25, 0.3) is 0 Å². The number of rotatable bonds is 8. The Hall–Kier alpha value is -4.34. The van der Waals surface area contributed by atoms with Crippen molar-refractivity contribution in [2.75, 3.05) is 0 Å². The lowest BCUT2D eigenvalue weighted by Gasteiger charge is -2.49. The van der Waals surface area contributed by atoms with Crippen molar-refractivity contribution in [1.29, 1.82) is 0 Å². The summed E-state index contributed by atoms with van der Waals surface area (Å²) in [4.78, 5) is 16.2. The minimum Gasteiger partial charge on any atom is -0.315 e. The van der Waals surface area contributed by atoms with Crippen LogP contribution in [0, 0.1) is 5.82 Å². The molecule has 2 aliphatic heterocycles. The van der Waals surface area contributed by atoms with Crippen LogP contribution in [0.4, 0.5) is 4.39 Å². The number of aromatic nitrogens is 4. The van der Waals surface area contributed by atoms with E-state index in [1.165, 1.54) is 12.1 Å². The van der Waals surface area contributed by atoms with Crippen molar-refractivity contribution in [3.8, 4) is 0 Å². The quantitative estimate of drug-likeness (QED) is 0.189. The molecule has 2 fully saturated rings. The van der Waals surface area contributed by atoms with Gasteiger partial charge in [-0.1, -0.05) is 103 Å². The predicted molar refractivity (Wildman–Crippen MR) is 164 cm³/mol. The Bertz CT molecular complexity index is 1630. The molecule has 43 heavy (non-hydrogen) atoms. The maximum Gasteiger partial charge on any atom is 0.244 e. The lowest BCUT2D eigenvalue weighted by Crippen LogP contribution is -2.70. The molecule has 2 unspecified atom stereocenters. The molecule has 3 atom stereocenters. The lowest BCUT2D eigenvalue weighted by molar-refractivity contribution is -0.150. The van der Waals surface area contributed by atoms with Gasteiger partial charge in [-0.2, -0.15) is 0 Å². The molecule has 0 aliphatic carbocycles. The summed E-state index contributed by atoms with van der Waals surface area (Å²) in [5, 5.41) is 16.4. The first-order valence-corrected chi connectivity index (χ1v) is 15.2. The molecule has 3 heterocycles. The monoisotopic (exact) mass is 590 g/mol. The third kappa shape index (κ3) is 4.63. The van der Waals surface area contributed by atoms with E-state index >= 15 is 0 Å². The van der Waals surface area contributed by atoms with E-state index in [4.69, 9.17) is 0 Å². The number of fused-ring (bicyclic) bond motifs is 1. The summed E-state index contributed by atoms with van der Waals surface area (Å²) in [5.41, 5.74) is 3.29. The number of nitrogens with zero attached hydrogens (tertiary/aromatic N) is 5. The summed E-state index contributed by atoms with van der Waals surface area (Å²) in [6.45, 7) is 4.66. The number of halogens is 1. The second kappa shape index (κ2) is 10.7. The maximum atomic E-state index is 14.2. The molecule has 1 aromatic heterocycles. The minimum atomic E-state index is -0.761. The number of tetrazole rings is 1. The van der Waals surface area contributed by atoms with Crippen molar-refractivity contribution in [1.82, 2.24) is 30.4 Å². The van der Waals surface area contributed by atoms with Gasteiger partial charge in [-0.3, -0.25) is 10.1 Å². The fraction of sp³-hybridized carbons (Fsp3) is 0.235. The smallest absolute Gasteiger partial charge is 0.244 e. The normalized spacial score (nSPS) is 21.0. The standard InChI is InChI=1S/C34H31FN6OS/c1-33(2)29(30-37-38-39-40(30)22-23-18-20-27(35)21-19-23)41-31(42)28(32(41)43-33)36-34(24-12-6-3-7-13-24,25-14-8-4-9-15-25)26-16-10-5-11-17-26/h3-21,28-29,32,36H,22H2,1-2H3/t28?,29?,32-/m0/s1. The van der Waals surface area contributed by atoms with Gasteiger partial charge in [0.1, 0.15) is 23.3 Å². The van der Waals surface area contributed by atoms with Crippen LogP contribution in [-0.2, 0) is 16.9 Å². The van der Waals surface area contributed by atoms with Crippen LogP contribution in [0.1, 0.15) is 48.0 Å². The predicted octanol–water partition coefficient (Wildman–Crippen LogP) is 5.55. The highest BCUT2D eigenvalue weighted by Gasteiger charge is 2.64. The van der Waals surface area contributed by atoms with Crippen LogP contribution in [0.3, 0.4) is 0 Å². The molecule has 7 rings (SSSR count). The maximum absolute atomic E-state index is 14.2. The molecule has 2 aliphatic rings. The van der Waals surface area contributed by atoms with Crippen LogP contribution >= 0.6 is 11.8 Å². The molecule has 4 aromatic carbocycles. The largest absolute Gasteiger partial charge is 0.315 e. The number of amides is 1. The van der Waals surface area contributed by atoms with Gasteiger partial charge in [-0.25, -0.2) is 9.07 Å². The Morgan fingerprint density at radius 3 is 1.91 bits per heavy atom. The van der Waals surface area contributed by atoms with E-state index in [0.717, 1.165) is 22.3 Å². The third-order valence-electron chi connectivity index (χ3n) is 8.48. The molecule has 7 nitrogen and oxygen atoms in total. The first kappa shape index (κ1) is 27.5. The van der Waals surface area contributed by atoms with Crippen molar-refractivity contribution < 1.29 is 9.18 Å². The van der Waals surface area contributed by atoms with Crippen LogP contribution in [-0.4, -0.2) is 47.2 Å². The molecule has 1 N–H and O–H groups in total. The summed E-state index contributed by atoms with van der Waals surface area (Å²) < 4.78 is 14.9. The number of thioether (sulfide) groups is 1. The fourth-order valence-electron chi connectivity index (χ4n) is 6.49. The van der Waals surface area contributed by atoms with Gasteiger partial charge in [-0.15, -0.1) is 16.9 Å². The minimum absolute atomic E-state index is 0.0107. The molecule has 1 amide bonds. The third-order valence-corrected chi connectivity index (χ3v) is 10.1. The number of hydrogen-bond donors (Lipinski definition) is 1. The average molecular weight is 591 g/mol. The van der Waals surface area contributed by atoms with Crippen LogP contribution in [0.2, 0.25) is 0 Å². The molecule has 0 saturated carbocycles.